The standard InChI is InChI=1S/C20H26N2O4S/c1-3-5-12-20(13-11-17(23)24,18(25)26-4-2)16-14-27-19(22-16)21-15-9-7-6-8-10-15/h6-10,14H,3-5,11-13H2,1-2H3,(H,21,22)(H,23,24)/p-1/t20-/m0/s1. The largest absolute Gasteiger partial charge is 0.550 e. The molecule has 0 saturated carbocycles. The summed E-state index contributed by atoms with van der Waals surface area (Å²) in [5, 5.41) is 16.8. The fraction of sp³-hybridized carbons (Fsp3) is 0.450. The van der Waals surface area contributed by atoms with Gasteiger partial charge in [0.05, 0.1) is 12.3 Å². The Morgan fingerprint density at radius 3 is 2.59 bits per heavy atom. The van der Waals surface area contributed by atoms with Crippen LogP contribution in [0.15, 0.2) is 35.7 Å². The zero-order valence-corrected chi connectivity index (χ0v) is 16.5. The molecule has 1 aromatic carbocycles. The molecule has 27 heavy (non-hydrogen) atoms. The van der Waals surface area contributed by atoms with Crippen LogP contribution < -0.4 is 10.4 Å². The average molecular weight is 389 g/mol. The maximum atomic E-state index is 12.9. The van der Waals surface area contributed by atoms with Gasteiger partial charge in [0.1, 0.15) is 5.41 Å². The number of unbranched alkanes of at least 4 members (excludes halogenated alkanes) is 1. The van der Waals surface area contributed by atoms with Crippen molar-refractivity contribution in [3.63, 3.8) is 0 Å². The van der Waals surface area contributed by atoms with Gasteiger partial charge in [-0.25, -0.2) is 4.98 Å². The summed E-state index contributed by atoms with van der Waals surface area (Å²) in [6, 6.07) is 9.61. The Bertz CT molecular complexity index is 747. The quantitative estimate of drug-likeness (QED) is 0.592. The molecule has 2 rings (SSSR count). The highest BCUT2D eigenvalue weighted by Crippen LogP contribution is 2.38. The van der Waals surface area contributed by atoms with Gasteiger partial charge in [-0.2, -0.15) is 0 Å². The van der Waals surface area contributed by atoms with Crippen molar-refractivity contribution in [3.8, 4) is 0 Å². The second-order valence-corrected chi connectivity index (χ2v) is 7.17. The molecule has 6 nitrogen and oxygen atoms in total. The number of nitrogens with zero attached hydrogens (tertiary/aromatic N) is 1. The van der Waals surface area contributed by atoms with Crippen molar-refractivity contribution >= 4 is 34.1 Å². The molecule has 0 radical (unpaired) electrons. The van der Waals surface area contributed by atoms with E-state index in [1.54, 1.807) is 6.92 Å². The predicted molar refractivity (Wildman–Crippen MR) is 104 cm³/mol. The number of hydrogen-bond acceptors (Lipinski definition) is 7. The Hall–Kier alpha value is -2.41. The topological polar surface area (TPSA) is 91.3 Å². The molecule has 0 aliphatic heterocycles. The minimum Gasteiger partial charge on any atom is -0.550 e. The lowest BCUT2D eigenvalue weighted by Crippen LogP contribution is -2.40. The number of esters is 1. The van der Waals surface area contributed by atoms with Gasteiger partial charge in [0, 0.05) is 17.0 Å². The third-order valence-corrected chi connectivity index (χ3v) is 5.16. The van der Waals surface area contributed by atoms with Crippen LogP contribution in [0.2, 0.25) is 0 Å². The van der Waals surface area contributed by atoms with Gasteiger partial charge in [0.15, 0.2) is 5.13 Å². The van der Waals surface area contributed by atoms with Gasteiger partial charge in [0.25, 0.3) is 0 Å². The normalized spacial score (nSPS) is 13.0. The van der Waals surface area contributed by atoms with Crippen molar-refractivity contribution in [1.29, 1.82) is 0 Å². The number of anilines is 2. The number of hydrogen-bond donors (Lipinski definition) is 1. The van der Waals surface area contributed by atoms with E-state index in [0.29, 0.717) is 17.2 Å². The summed E-state index contributed by atoms with van der Waals surface area (Å²) in [5.41, 5.74) is 0.377. The van der Waals surface area contributed by atoms with Crippen LogP contribution in [0, 0.1) is 0 Å². The van der Waals surface area contributed by atoms with Gasteiger partial charge < -0.3 is 20.0 Å². The third-order valence-electron chi connectivity index (χ3n) is 4.40. The maximum absolute atomic E-state index is 12.9. The number of ether oxygens (including phenoxy) is 1. The Labute approximate surface area is 163 Å². The molecule has 7 heteroatoms. The Balaban J connectivity index is 2.35. The first kappa shape index (κ1) is 20.9. The fourth-order valence-electron chi connectivity index (χ4n) is 2.95. The summed E-state index contributed by atoms with van der Waals surface area (Å²) in [5.74, 6) is -1.60. The molecular weight excluding hydrogens is 364 g/mol. The van der Waals surface area contributed by atoms with E-state index in [9.17, 15) is 14.7 Å². The number of thiazole rings is 1. The number of nitrogens with one attached hydrogen (secondary N) is 1. The summed E-state index contributed by atoms with van der Waals surface area (Å²) in [6.45, 7) is 4.00. The minimum atomic E-state index is -1.18. The highest BCUT2D eigenvalue weighted by atomic mass is 32.1. The van der Waals surface area contributed by atoms with Gasteiger partial charge in [-0.1, -0.05) is 38.0 Å². The lowest BCUT2D eigenvalue weighted by Gasteiger charge is -2.30. The average Bonchev–Trinajstić information content (AvgIpc) is 3.12. The lowest BCUT2D eigenvalue weighted by molar-refractivity contribution is -0.306. The van der Waals surface area contributed by atoms with E-state index < -0.39 is 17.4 Å². The van der Waals surface area contributed by atoms with E-state index >= 15 is 0 Å². The van der Waals surface area contributed by atoms with Gasteiger partial charge in [-0.3, -0.25) is 4.79 Å². The predicted octanol–water partition coefficient (Wildman–Crippen LogP) is 3.41. The Morgan fingerprint density at radius 1 is 1.22 bits per heavy atom. The highest BCUT2D eigenvalue weighted by molar-refractivity contribution is 7.13. The Morgan fingerprint density at radius 2 is 1.96 bits per heavy atom. The van der Waals surface area contributed by atoms with Crippen molar-refractivity contribution in [2.45, 2.75) is 51.4 Å². The van der Waals surface area contributed by atoms with Crippen LogP contribution >= 0.6 is 11.3 Å². The molecule has 0 saturated heterocycles. The number of rotatable bonds is 11. The van der Waals surface area contributed by atoms with Gasteiger partial charge >= 0.3 is 5.97 Å². The van der Waals surface area contributed by atoms with Gasteiger partial charge in [0.2, 0.25) is 0 Å². The molecule has 0 aliphatic carbocycles. The number of carboxylic acid groups (broad SMARTS) is 1. The zero-order chi connectivity index (χ0) is 19.7. The maximum Gasteiger partial charge on any atom is 0.318 e. The molecule has 0 aliphatic rings. The van der Waals surface area contributed by atoms with Crippen molar-refractivity contribution in [2.24, 2.45) is 0 Å². The van der Waals surface area contributed by atoms with E-state index in [0.717, 1.165) is 18.5 Å². The minimum absolute atomic E-state index is 0.114. The number of carboxylic acids is 1. The van der Waals surface area contributed by atoms with Gasteiger partial charge in [-0.15, -0.1) is 11.3 Å². The van der Waals surface area contributed by atoms with Crippen molar-refractivity contribution in [2.75, 3.05) is 11.9 Å². The first-order valence-corrected chi connectivity index (χ1v) is 10.0. The SMILES string of the molecule is CCCC[C@@](CCC(=O)[O-])(C(=O)OCC)c1csc(Nc2ccccc2)n1. The van der Waals surface area contributed by atoms with Crippen LogP contribution in [0.1, 0.15) is 51.6 Å². The zero-order valence-electron chi connectivity index (χ0n) is 15.7. The molecule has 0 spiro atoms. The molecule has 1 heterocycles. The third kappa shape index (κ3) is 5.53. The summed E-state index contributed by atoms with van der Waals surface area (Å²) in [7, 11) is 0. The molecule has 0 bridgehead atoms. The second kappa shape index (κ2) is 10.1. The van der Waals surface area contributed by atoms with E-state index in [4.69, 9.17) is 4.74 Å². The van der Waals surface area contributed by atoms with Crippen LogP contribution in [-0.4, -0.2) is 23.5 Å². The summed E-state index contributed by atoms with van der Waals surface area (Å²) < 4.78 is 5.31. The van der Waals surface area contributed by atoms with E-state index in [2.05, 4.69) is 10.3 Å². The monoisotopic (exact) mass is 389 g/mol. The highest BCUT2D eigenvalue weighted by Gasteiger charge is 2.43. The smallest absolute Gasteiger partial charge is 0.318 e. The first-order chi connectivity index (χ1) is 13.0. The molecule has 146 valence electrons. The Kier molecular flexibility index (Phi) is 7.79. The van der Waals surface area contributed by atoms with Crippen LogP contribution in [0.25, 0.3) is 0 Å². The summed E-state index contributed by atoms with van der Waals surface area (Å²) in [6.07, 6.45) is 2.03. The van der Waals surface area contributed by atoms with Crippen molar-refractivity contribution in [3.05, 3.63) is 41.4 Å². The molecule has 1 N–H and O–H groups in total. The fourth-order valence-corrected chi connectivity index (χ4v) is 3.78. The molecule has 2 aromatic rings. The number of benzene rings is 1. The number of carbonyl (C=O) groups is 2. The van der Waals surface area contributed by atoms with Crippen LogP contribution in [-0.2, 0) is 19.7 Å². The molecule has 0 unspecified atom stereocenters. The van der Waals surface area contributed by atoms with Crippen LogP contribution in [0.4, 0.5) is 10.8 Å². The molecular formula is C20H25N2O4S-. The number of carbonyl (C=O) groups excluding carboxylic acids is 2. The van der Waals surface area contributed by atoms with E-state index in [-0.39, 0.29) is 19.4 Å². The molecule has 1 aromatic heterocycles. The number of aliphatic carboxylic acids is 1. The molecule has 0 fully saturated rings. The first-order valence-electron chi connectivity index (χ1n) is 9.17. The van der Waals surface area contributed by atoms with E-state index in [1.807, 2.05) is 42.6 Å². The molecule has 0 amide bonds. The van der Waals surface area contributed by atoms with Crippen molar-refractivity contribution in [1.82, 2.24) is 4.98 Å². The number of para-hydroxylation sites is 1. The van der Waals surface area contributed by atoms with Crippen LogP contribution in [0.3, 0.4) is 0 Å². The van der Waals surface area contributed by atoms with Crippen molar-refractivity contribution < 1.29 is 19.4 Å². The lowest BCUT2D eigenvalue weighted by atomic mass is 9.76. The van der Waals surface area contributed by atoms with Crippen LogP contribution in [0.5, 0.6) is 0 Å². The van der Waals surface area contributed by atoms with E-state index in [1.165, 1.54) is 11.3 Å². The van der Waals surface area contributed by atoms with Gasteiger partial charge in [-0.05, 0) is 38.3 Å². The number of aromatic nitrogens is 1. The second-order valence-electron chi connectivity index (χ2n) is 6.31. The summed E-state index contributed by atoms with van der Waals surface area (Å²) >= 11 is 1.38. The summed E-state index contributed by atoms with van der Waals surface area (Å²) in [4.78, 5) is 28.6. The molecule has 1 atom stereocenters.